The average Bonchev–Trinajstić information content (AvgIpc) is 4.09. The molecule has 6 aliphatic heterocycles. The van der Waals surface area contributed by atoms with Crippen LogP contribution in [0.25, 0.3) is 0 Å². The van der Waals surface area contributed by atoms with Gasteiger partial charge in [0.25, 0.3) is 0 Å². The highest BCUT2D eigenvalue weighted by Gasteiger charge is 2.72. The van der Waals surface area contributed by atoms with Gasteiger partial charge in [-0.05, 0) is 6.92 Å². The lowest BCUT2D eigenvalue weighted by molar-refractivity contribution is -0.390. The van der Waals surface area contributed by atoms with Crippen LogP contribution in [0.1, 0.15) is 6.92 Å². The lowest BCUT2D eigenvalue weighted by Gasteiger charge is -2.50. The summed E-state index contributed by atoms with van der Waals surface area (Å²) < 4.78 is 56.2. The molecule has 6 saturated heterocycles. The summed E-state index contributed by atoms with van der Waals surface area (Å²) in [6.07, 6.45) is -49.0. The summed E-state index contributed by atoms with van der Waals surface area (Å²) in [5.74, 6) is 0. The number of aliphatic hydroxyl groups excluding tert-OH is 19. The van der Waals surface area contributed by atoms with Crippen molar-refractivity contribution >= 4 is 0 Å². The molecule has 30 nitrogen and oxygen atoms in total. The molecular weight excluding hydrogens is 934 g/mol. The normalized spacial score (nSPS) is 55.4. The van der Waals surface area contributed by atoms with E-state index in [4.69, 9.17) is 47.4 Å². The highest BCUT2D eigenvalue weighted by Crippen LogP contribution is 2.48. The zero-order chi connectivity index (χ0) is 49.8. The second kappa shape index (κ2) is 22.1. The maximum Gasteiger partial charge on any atom is 0.187 e. The summed E-state index contributed by atoms with van der Waals surface area (Å²) in [6.45, 7) is -3.81. The largest absolute Gasteiger partial charge is 0.394 e. The van der Waals surface area contributed by atoms with Crippen LogP contribution in [0.3, 0.4) is 0 Å². The molecule has 0 radical (unpaired) electrons. The van der Waals surface area contributed by atoms with E-state index in [0.29, 0.717) is 0 Å². The van der Waals surface area contributed by atoms with Crippen molar-refractivity contribution in [3.05, 3.63) is 0 Å². The van der Waals surface area contributed by atoms with E-state index in [1.54, 1.807) is 0 Å². The van der Waals surface area contributed by atoms with E-state index >= 15 is 0 Å². The zero-order valence-electron chi connectivity index (χ0n) is 36.1. The number of rotatable bonds is 16. The molecule has 0 aromatic rings. The lowest BCUT2D eigenvalue weighted by atomic mass is 9.79. The third-order valence-corrected chi connectivity index (χ3v) is 13.9. The van der Waals surface area contributed by atoms with Crippen LogP contribution in [0.4, 0.5) is 0 Å². The van der Waals surface area contributed by atoms with Crippen LogP contribution in [-0.4, -0.2) is 326 Å². The lowest BCUT2D eigenvalue weighted by Crippen LogP contribution is -2.71. The Bertz CT molecular complexity index is 1610. The fraction of sp³-hybridized carbons (Fsp3) is 1.00. The van der Waals surface area contributed by atoms with Gasteiger partial charge in [-0.15, -0.1) is 0 Å². The predicted octanol–water partition coefficient (Wildman–Crippen LogP) is -13.7. The first-order chi connectivity index (χ1) is 32.2. The smallest absolute Gasteiger partial charge is 0.187 e. The summed E-state index contributed by atoms with van der Waals surface area (Å²) in [5.41, 5.74) is -1.64. The molecule has 20 N–H and O–H groups in total. The van der Waals surface area contributed by atoms with Gasteiger partial charge in [0.15, 0.2) is 25.2 Å². The molecule has 68 heavy (non-hydrogen) atoms. The van der Waals surface area contributed by atoms with Crippen LogP contribution in [0.2, 0.25) is 0 Å². The van der Waals surface area contributed by atoms with Crippen molar-refractivity contribution in [3.8, 4) is 0 Å². The minimum Gasteiger partial charge on any atom is -0.394 e. The second-order valence-corrected chi connectivity index (χ2v) is 18.1. The Balaban J connectivity index is 0.963. The quantitative estimate of drug-likeness (QED) is 0.0638. The van der Waals surface area contributed by atoms with Crippen LogP contribution in [0.15, 0.2) is 0 Å². The van der Waals surface area contributed by atoms with Crippen LogP contribution in [-0.2, 0) is 47.4 Å². The van der Waals surface area contributed by atoms with Crippen molar-refractivity contribution in [2.24, 2.45) is 0 Å². The number of aliphatic hydroxyl groups is 19. The zero-order valence-corrected chi connectivity index (χ0v) is 36.1. The molecule has 7 rings (SSSR count). The highest BCUT2D eigenvalue weighted by atomic mass is 16.8. The van der Waals surface area contributed by atoms with Crippen molar-refractivity contribution in [2.75, 3.05) is 39.6 Å². The van der Waals surface area contributed by atoms with Gasteiger partial charge in [0.2, 0.25) is 0 Å². The molecule has 7 aliphatic rings. The van der Waals surface area contributed by atoms with E-state index in [1.165, 1.54) is 6.92 Å². The number of epoxide rings is 1. The van der Waals surface area contributed by atoms with E-state index in [1.807, 2.05) is 0 Å². The van der Waals surface area contributed by atoms with Crippen molar-refractivity contribution < 1.29 is 144 Å². The van der Waals surface area contributed by atoms with Gasteiger partial charge in [0.1, 0.15) is 146 Å². The summed E-state index contributed by atoms with van der Waals surface area (Å²) in [5, 5.41) is 205. The molecule has 396 valence electrons. The molecule has 0 aromatic heterocycles. The Labute approximate surface area is 385 Å². The number of hydrogen-bond acceptors (Lipinski definition) is 30. The van der Waals surface area contributed by atoms with E-state index in [-0.39, 0.29) is 0 Å². The first kappa shape index (κ1) is 54.6. The van der Waals surface area contributed by atoms with Crippen LogP contribution in [0, 0.1) is 0 Å². The topological polar surface area (TPSA) is 492 Å². The second-order valence-electron chi connectivity index (χ2n) is 18.1. The van der Waals surface area contributed by atoms with E-state index in [0.717, 1.165) is 0 Å². The van der Waals surface area contributed by atoms with E-state index in [2.05, 4.69) is 5.32 Å². The molecule has 31 atom stereocenters. The SMILES string of the molecule is CC1OC(CO)C(OC2OC(CO)C(OC3OC(CO)C(OC4OC(CO)C(OC5OC(CO)C(NC6C(O)C(O)C(O)C7(CO)OC67)C(O)C5O)C(O)C4O)C(O)C3O)C(O)C2O)C(O)C1O. The van der Waals surface area contributed by atoms with Gasteiger partial charge in [0, 0.05) is 0 Å². The molecule has 7 fully saturated rings. The third-order valence-electron chi connectivity index (χ3n) is 13.9. The molecule has 0 amide bonds. The Morgan fingerprint density at radius 3 is 1.07 bits per heavy atom. The van der Waals surface area contributed by atoms with E-state index in [9.17, 15) is 97.0 Å². The van der Waals surface area contributed by atoms with Crippen molar-refractivity contribution in [3.63, 3.8) is 0 Å². The van der Waals surface area contributed by atoms with Gasteiger partial charge in [-0.1, -0.05) is 0 Å². The van der Waals surface area contributed by atoms with Crippen molar-refractivity contribution in [1.82, 2.24) is 5.32 Å². The Hall–Kier alpha value is -1.20. The van der Waals surface area contributed by atoms with Crippen molar-refractivity contribution in [2.45, 2.75) is 196 Å². The molecule has 30 heteroatoms. The molecular formula is C38H65NO29. The van der Waals surface area contributed by atoms with Crippen LogP contribution < -0.4 is 5.32 Å². The Morgan fingerprint density at radius 1 is 0.382 bits per heavy atom. The van der Waals surface area contributed by atoms with Gasteiger partial charge in [-0.3, -0.25) is 0 Å². The summed E-state index contributed by atoms with van der Waals surface area (Å²) >= 11 is 0. The first-order valence-corrected chi connectivity index (χ1v) is 22.1. The first-order valence-electron chi connectivity index (χ1n) is 22.1. The molecule has 1 saturated carbocycles. The van der Waals surface area contributed by atoms with Gasteiger partial charge >= 0.3 is 0 Å². The summed E-state index contributed by atoms with van der Waals surface area (Å²) in [4.78, 5) is 0. The fourth-order valence-corrected chi connectivity index (χ4v) is 9.78. The number of ether oxygens (including phenoxy) is 10. The minimum absolute atomic E-state index is 0.694. The number of nitrogens with one attached hydrogen (secondary N) is 1. The van der Waals surface area contributed by atoms with Gasteiger partial charge in [-0.2, -0.15) is 0 Å². The molecule has 0 aromatic carbocycles. The van der Waals surface area contributed by atoms with Crippen LogP contribution >= 0.6 is 0 Å². The average molecular weight is 1000 g/mol. The highest BCUT2D eigenvalue weighted by molar-refractivity contribution is 5.22. The molecule has 6 heterocycles. The summed E-state index contributed by atoms with van der Waals surface area (Å²) in [7, 11) is 0. The minimum atomic E-state index is -2.15. The summed E-state index contributed by atoms with van der Waals surface area (Å²) in [6, 6.07) is -2.70. The van der Waals surface area contributed by atoms with Crippen molar-refractivity contribution in [1.29, 1.82) is 0 Å². The van der Waals surface area contributed by atoms with Crippen LogP contribution in [0.5, 0.6) is 0 Å². The van der Waals surface area contributed by atoms with Gasteiger partial charge < -0.3 is 150 Å². The fourth-order valence-electron chi connectivity index (χ4n) is 9.78. The standard InChI is InChI=1S/C38H65NO29/c1-8-16(46)19(49)28(10(3-41)59-8)64-35-25(55)21(51)30(12(5-43)61-35)66-37-27(57)22(52)31(13(6-44)63-37)67-36-26(56)20(50)29(11(4-42)62-36)65-34-24(54)17(47)14(9(2-40)60-34)39-15-18(48)23(53)32(58)38(7-45)33(15)68-38/h8-37,39-58H,2-7H2,1H3. The van der Waals surface area contributed by atoms with E-state index < -0.39 is 229 Å². The predicted molar refractivity (Wildman–Crippen MR) is 207 cm³/mol. The monoisotopic (exact) mass is 999 g/mol. The number of fused-ring (bicyclic) bond motifs is 1. The maximum atomic E-state index is 11.2. The molecule has 31 unspecified atom stereocenters. The molecule has 0 bridgehead atoms. The Kier molecular flexibility index (Phi) is 17.7. The Morgan fingerprint density at radius 2 is 0.706 bits per heavy atom. The van der Waals surface area contributed by atoms with Gasteiger partial charge in [-0.25, -0.2) is 0 Å². The number of hydrogen-bond donors (Lipinski definition) is 20. The molecule has 1 aliphatic carbocycles. The van der Waals surface area contributed by atoms with Gasteiger partial charge in [0.05, 0.1) is 57.8 Å². The molecule has 0 spiro atoms. The third kappa shape index (κ3) is 9.95. The maximum absolute atomic E-state index is 11.2.